The van der Waals surface area contributed by atoms with Gasteiger partial charge in [-0.2, -0.15) is 4.98 Å². The second-order valence-electron chi connectivity index (χ2n) is 7.35. The van der Waals surface area contributed by atoms with Crippen molar-refractivity contribution in [3.63, 3.8) is 0 Å². The van der Waals surface area contributed by atoms with E-state index < -0.39 is 23.9 Å². The molecule has 12 nitrogen and oxygen atoms in total. The van der Waals surface area contributed by atoms with E-state index in [2.05, 4.69) is 15.3 Å². The van der Waals surface area contributed by atoms with E-state index in [1.807, 2.05) is 0 Å². The van der Waals surface area contributed by atoms with Crippen LogP contribution in [0.2, 0.25) is 0 Å². The number of aromatic nitrogens is 2. The van der Waals surface area contributed by atoms with Crippen molar-refractivity contribution in [3.05, 3.63) is 51.3 Å². The van der Waals surface area contributed by atoms with Crippen molar-refractivity contribution in [3.8, 4) is 0 Å². The van der Waals surface area contributed by atoms with Crippen LogP contribution in [-0.2, 0) is 20.7 Å². The van der Waals surface area contributed by atoms with E-state index in [0.717, 1.165) is 5.56 Å². The van der Waals surface area contributed by atoms with Crippen LogP contribution in [0.3, 0.4) is 0 Å². The Hall–Kier alpha value is -3.93. The van der Waals surface area contributed by atoms with Gasteiger partial charge in [0.15, 0.2) is 0 Å². The van der Waals surface area contributed by atoms with E-state index >= 15 is 0 Å². The fraction of sp³-hybridized carbons (Fsp3) is 0.381. The Labute approximate surface area is 189 Å². The molecule has 8 N–H and O–H groups in total. The molecule has 12 heteroatoms. The number of benzene rings is 1. The molecule has 0 unspecified atom stereocenters. The van der Waals surface area contributed by atoms with Crippen LogP contribution < -0.4 is 22.3 Å². The van der Waals surface area contributed by atoms with E-state index in [0.29, 0.717) is 24.8 Å². The van der Waals surface area contributed by atoms with Crippen molar-refractivity contribution < 1.29 is 29.3 Å². The summed E-state index contributed by atoms with van der Waals surface area (Å²) in [5, 5.41) is 20.2. The second kappa shape index (κ2) is 11.6. The number of H-pyrrole nitrogens is 1. The fourth-order valence-electron chi connectivity index (χ4n) is 3.28. The second-order valence-corrected chi connectivity index (χ2v) is 7.35. The molecule has 2 rings (SSSR count). The highest BCUT2D eigenvalue weighted by molar-refractivity contribution is 5.96. The zero-order valence-electron chi connectivity index (χ0n) is 18.0. The maximum atomic E-state index is 12.4. The average molecular weight is 461 g/mol. The number of amides is 1. The number of aromatic amines is 1. The summed E-state index contributed by atoms with van der Waals surface area (Å²) < 4.78 is 5.52. The molecule has 0 radical (unpaired) electrons. The van der Waals surface area contributed by atoms with Crippen molar-refractivity contribution in [2.45, 2.75) is 44.2 Å². The number of aliphatic carboxylic acids is 2. The predicted octanol–water partition coefficient (Wildman–Crippen LogP) is 0.693. The fourth-order valence-corrected chi connectivity index (χ4v) is 3.28. The lowest BCUT2D eigenvalue weighted by Gasteiger charge is -2.17. The Morgan fingerprint density at radius 3 is 2.36 bits per heavy atom. The summed E-state index contributed by atoms with van der Waals surface area (Å²) in [6, 6.07) is 5.11. The molecule has 0 aliphatic rings. The highest BCUT2D eigenvalue weighted by Crippen LogP contribution is 2.24. The number of methoxy groups -OCH3 is 1. The van der Waals surface area contributed by atoms with Crippen molar-refractivity contribution in [1.82, 2.24) is 15.3 Å². The molecule has 2 aromatic rings. The van der Waals surface area contributed by atoms with Crippen LogP contribution in [0.25, 0.3) is 0 Å². The van der Waals surface area contributed by atoms with E-state index in [9.17, 15) is 24.3 Å². The molecular weight excluding hydrogens is 434 g/mol. The third-order valence-corrected chi connectivity index (χ3v) is 5.04. The topological polar surface area (TPSA) is 211 Å². The van der Waals surface area contributed by atoms with Crippen LogP contribution in [0.15, 0.2) is 29.1 Å². The molecule has 1 aromatic carbocycles. The molecule has 1 aromatic heterocycles. The number of carboxylic acid groups (broad SMARTS) is 2. The Morgan fingerprint density at radius 1 is 1.15 bits per heavy atom. The predicted molar refractivity (Wildman–Crippen MR) is 119 cm³/mol. The Balaban J connectivity index is 1.99. The summed E-state index contributed by atoms with van der Waals surface area (Å²) in [5.41, 5.74) is 12.2. The van der Waals surface area contributed by atoms with Gasteiger partial charge in [0, 0.05) is 19.1 Å². The maximum absolute atomic E-state index is 12.4. The van der Waals surface area contributed by atoms with Gasteiger partial charge in [-0.1, -0.05) is 12.1 Å². The number of nitrogens with one attached hydrogen (secondary N) is 2. The number of carbonyl (C=O) groups excluding carboxylic acids is 1. The van der Waals surface area contributed by atoms with Gasteiger partial charge in [0.2, 0.25) is 5.95 Å². The Morgan fingerprint density at radius 2 is 1.82 bits per heavy atom. The summed E-state index contributed by atoms with van der Waals surface area (Å²) in [4.78, 5) is 52.5. The number of ether oxygens (including phenoxy) is 1. The molecule has 178 valence electrons. The van der Waals surface area contributed by atoms with Gasteiger partial charge in [0.05, 0.1) is 11.7 Å². The number of rotatable bonds is 12. The number of nitrogens with zero attached hydrogens (tertiary/aromatic N) is 1. The first-order valence-electron chi connectivity index (χ1n) is 10.1. The quantitative estimate of drug-likeness (QED) is 0.260. The monoisotopic (exact) mass is 461 g/mol. The Bertz CT molecular complexity index is 1050. The summed E-state index contributed by atoms with van der Waals surface area (Å²) in [7, 11) is 1.54. The number of nitrogens with two attached hydrogens (primary N) is 2. The summed E-state index contributed by atoms with van der Waals surface area (Å²) in [6.45, 7) is 0. The summed E-state index contributed by atoms with van der Waals surface area (Å²) in [6.07, 6.45) is 0.589. The third kappa shape index (κ3) is 7.31. The average Bonchev–Trinajstić information content (AvgIpc) is 2.75. The van der Waals surface area contributed by atoms with Gasteiger partial charge in [-0.05, 0) is 43.4 Å². The first-order chi connectivity index (χ1) is 15.6. The summed E-state index contributed by atoms with van der Waals surface area (Å²) >= 11 is 0. The first kappa shape index (κ1) is 25.3. The lowest BCUT2D eigenvalue weighted by molar-refractivity contribution is -0.140. The third-order valence-electron chi connectivity index (χ3n) is 5.04. The Kier molecular flexibility index (Phi) is 8.92. The van der Waals surface area contributed by atoms with E-state index in [1.54, 1.807) is 12.1 Å². The molecule has 2 atom stereocenters. The van der Waals surface area contributed by atoms with Crippen molar-refractivity contribution in [2.75, 3.05) is 18.6 Å². The van der Waals surface area contributed by atoms with E-state index in [-0.39, 0.29) is 41.8 Å². The van der Waals surface area contributed by atoms with Gasteiger partial charge in [0.1, 0.15) is 11.9 Å². The van der Waals surface area contributed by atoms with Gasteiger partial charge in [-0.3, -0.25) is 19.4 Å². The van der Waals surface area contributed by atoms with Crippen molar-refractivity contribution in [1.29, 1.82) is 0 Å². The van der Waals surface area contributed by atoms with Gasteiger partial charge in [0.25, 0.3) is 11.5 Å². The van der Waals surface area contributed by atoms with Gasteiger partial charge >= 0.3 is 11.9 Å². The summed E-state index contributed by atoms with van der Waals surface area (Å²) in [5.74, 6) is -3.04. The van der Waals surface area contributed by atoms with Crippen LogP contribution in [-0.4, -0.2) is 51.2 Å². The maximum Gasteiger partial charge on any atom is 0.326 e. The van der Waals surface area contributed by atoms with Crippen molar-refractivity contribution in [2.24, 2.45) is 0 Å². The van der Waals surface area contributed by atoms with Gasteiger partial charge in [-0.25, -0.2) is 4.79 Å². The minimum atomic E-state index is -1.31. The molecule has 0 bridgehead atoms. The van der Waals surface area contributed by atoms with Crippen LogP contribution in [0.4, 0.5) is 11.8 Å². The zero-order valence-corrected chi connectivity index (χ0v) is 18.0. The highest BCUT2D eigenvalue weighted by atomic mass is 16.5. The number of carboxylic acids is 2. The molecule has 33 heavy (non-hydrogen) atoms. The zero-order chi connectivity index (χ0) is 24.5. The number of hydrogen-bond donors (Lipinski definition) is 6. The molecule has 1 heterocycles. The minimum Gasteiger partial charge on any atom is -0.481 e. The SMILES string of the molecule is CO[C@@H](CCCc1c(N)nc(N)[nH]c1=O)c1ccc(C(=O)N[C@@H](CCC(=O)O)C(=O)O)cc1. The number of nitrogen functional groups attached to an aromatic ring is 2. The number of hydrogen-bond acceptors (Lipinski definition) is 8. The number of anilines is 2. The molecular formula is C21H27N5O7. The van der Waals surface area contributed by atoms with Crippen LogP contribution in [0, 0.1) is 0 Å². The van der Waals surface area contributed by atoms with Gasteiger partial charge < -0.3 is 31.7 Å². The molecule has 0 saturated heterocycles. The molecule has 0 spiro atoms. The van der Waals surface area contributed by atoms with Crippen molar-refractivity contribution >= 4 is 29.6 Å². The molecule has 0 fully saturated rings. The van der Waals surface area contributed by atoms with Crippen LogP contribution in [0.5, 0.6) is 0 Å². The number of carbonyl (C=O) groups is 3. The van der Waals surface area contributed by atoms with Gasteiger partial charge in [-0.15, -0.1) is 0 Å². The molecule has 0 aliphatic heterocycles. The van der Waals surface area contributed by atoms with Crippen LogP contribution in [0.1, 0.15) is 53.3 Å². The lowest BCUT2D eigenvalue weighted by atomic mass is 10.00. The standard InChI is InChI=1S/C21H27N5O7/c1-33-15(4-2-3-13-17(22)25-21(23)26-19(13)30)11-5-7-12(8-6-11)18(29)24-14(20(31)32)9-10-16(27)28/h5-8,14-15H,2-4,9-10H2,1H3,(H,24,29)(H,27,28)(H,31,32)(H5,22,23,25,26,30)/t14-,15-/m0/s1. The normalized spacial score (nSPS) is 12.6. The smallest absolute Gasteiger partial charge is 0.326 e. The molecule has 1 amide bonds. The minimum absolute atomic E-state index is 0.0447. The van der Waals surface area contributed by atoms with E-state index in [4.69, 9.17) is 21.3 Å². The lowest BCUT2D eigenvalue weighted by Crippen LogP contribution is -2.41. The largest absolute Gasteiger partial charge is 0.481 e. The van der Waals surface area contributed by atoms with E-state index in [1.165, 1.54) is 19.2 Å². The first-order valence-corrected chi connectivity index (χ1v) is 10.1. The van der Waals surface area contributed by atoms with Crippen LogP contribution >= 0.6 is 0 Å². The molecule has 0 aliphatic carbocycles. The highest BCUT2D eigenvalue weighted by Gasteiger charge is 2.22. The molecule has 0 saturated carbocycles.